The molecule has 1 rings (SSSR count). The molecule has 74 valence electrons. The van der Waals surface area contributed by atoms with E-state index in [1.807, 2.05) is 17.8 Å². The first-order valence-corrected chi connectivity index (χ1v) is 4.39. The minimum atomic E-state index is -0.654. The van der Waals surface area contributed by atoms with Crippen LogP contribution in [0.2, 0.25) is 0 Å². The third-order valence-corrected chi connectivity index (χ3v) is 1.79. The Morgan fingerprint density at radius 1 is 1.62 bits per heavy atom. The van der Waals surface area contributed by atoms with Gasteiger partial charge in [-0.1, -0.05) is 0 Å². The Bertz CT molecular complexity index is 262. The van der Waals surface area contributed by atoms with Crippen LogP contribution >= 0.6 is 0 Å². The van der Waals surface area contributed by atoms with E-state index in [0.717, 1.165) is 12.2 Å². The molecule has 1 heterocycles. The van der Waals surface area contributed by atoms with Crippen molar-refractivity contribution in [3.05, 3.63) is 18.0 Å². The average molecular weight is 183 g/mol. The van der Waals surface area contributed by atoms with Crippen LogP contribution < -0.4 is 5.32 Å². The van der Waals surface area contributed by atoms with Gasteiger partial charge in [-0.05, 0) is 19.9 Å². The first-order valence-electron chi connectivity index (χ1n) is 4.39. The number of aromatic nitrogens is 2. The topological polar surface area (TPSA) is 50.1 Å². The monoisotopic (exact) mass is 183 g/mol. The van der Waals surface area contributed by atoms with Gasteiger partial charge in [0, 0.05) is 26.3 Å². The van der Waals surface area contributed by atoms with E-state index in [2.05, 4.69) is 10.4 Å². The Morgan fingerprint density at radius 3 is 2.77 bits per heavy atom. The Morgan fingerprint density at radius 2 is 2.31 bits per heavy atom. The molecule has 4 heteroatoms. The van der Waals surface area contributed by atoms with E-state index in [1.54, 1.807) is 20.0 Å². The molecule has 0 spiro atoms. The van der Waals surface area contributed by atoms with Crippen molar-refractivity contribution >= 4 is 0 Å². The normalized spacial score (nSPS) is 12.0. The molecule has 1 aromatic heterocycles. The quantitative estimate of drug-likeness (QED) is 0.705. The molecule has 0 saturated heterocycles. The second kappa shape index (κ2) is 3.89. The van der Waals surface area contributed by atoms with E-state index in [0.29, 0.717) is 6.54 Å². The number of nitrogens with zero attached hydrogens (tertiary/aromatic N) is 2. The fourth-order valence-electron chi connectivity index (χ4n) is 1.07. The van der Waals surface area contributed by atoms with Crippen molar-refractivity contribution in [1.29, 1.82) is 0 Å². The highest BCUT2D eigenvalue weighted by atomic mass is 16.3. The smallest absolute Gasteiger partial charge is 0.0715 e. The predicted octanol–water partition coefficient (Wildman–Crippen LogP) is 0.281. The number of nitrogens with one attached hydrogen (secondary N) is 1. The molecular weight excluding hydrogens is 166 g/mol. The molecule has 0 amide bonds. The highest BCUT2D eigenvalue weighted by molar-refractivity contribution is 4.99. The minimum absolute atomic E-state index is 0.582. The first-order chi connectivity index (χ1) is 5.99. The van der Waals surface area contributed by atoms with Crippen molar-refractivity contribution in [2.75, 3.05) is 6.54 Å². The standard InChI is InChI=1S/C9H17N3O/c1-9(2,13)7-10-6-8-4-5-11-12(8)3/h4-5,10,13H,6-7H2,1-3H3. The summed E-state index contributed by atoms with van der Waals surface area (Å²) < 4.78 is 1.82. The summed E-state index contributed by atoms with van der Waals surface area (Å²) in [5.74, 6) is 0. The highest BCUT2D eigenvalue weighted by Crippen LogP contribution is 1.99. The lowest BCUT2D eigenvalue weighted by Crippen LogP contribution is -2.34. The Labute approximate surface area is 78.6 Å². The second-order valence-electron chi connectivity index (χ2n) is 3.86. The third kappa shape index (κ3) is 3.57. The molecule has 0 unspecified atom stereocenters. The van der Waals surface area contributed by atoms with Crippen molar-refractivity contribution < 1.29 is 5.11 Å². The fraction of sp³-hybridized carbons (Fsp3) is 0.667. The molecule has 0 aromatic carbocycles. The molecule has 0 aliphatic heterocycles. The summed E-state index contributed by atoms with van der Waals surface area (Å²) >= 11 is 0. The van der Waals surface area contributed by atoms with Crippen molar-refractivity contribution in [2.24, 2.45) is 7.05 Å². The van der Waals surface area contributed by atoms with Crippen LogP contribution in [0.4, 0.5) is 0 Å². The number of aliphatic hydroxyl groups is 1. The van der Waals surface area contributed by atoms with Gasteiger partial charge in [0.15, 0.2) is 0 Å². The van der Waals surface area contributed by atoms with Crippen molar-refractivity contribution in [1.82, 2.24) is 15.1 Å². The van der Waals surface area contributed by atoms with Gasteiger partial charge in [-0.15, -0.1) is 0 Å². The number of hydrogen-bond acceptors (Lipinski definition) is 3. The van der Waals surface area contributed by atoms with E-state index in [1.165, 1.54) is 0 Å². The van der Waals surface area contributed by atoms with Crippen molar-refractivity contribution in [3.8, 4) is 0 Å². The molecule has 13 heavy (non-hydrogen) atoms. The zero-order valence-electron chi connectivity index (χ0n) is 8.41. The van der Waals surface area contributed by atoms with E-state index < -0.39 is 5.60 Å². The summed E-state index contributed by atoms with van der Waals surface area (Å²) in [5.41, 5.74) is 0.461. The maximum Gasteiger partial charge on any atom is 0.0715 e. The third-order valence-electron chi connectivity index (χ3n) is 1.79. The van der Waals surface area contributed by atoms with Gasteiger partial charge in [-0.25, -0.2) is 0 Å². The molecule has 1 aromatic rings. The van der Waals surface area contributed by atoms with Crippen molar-refractivity contribution in [2.45, 2.75) is 26.0 Å². The summed E-state index contributed by atoms with van der Waals surface area (Å²) in [4.78, 5) is 0. The fourth-order valence-corrected chi connectivity index (χ4v) is 1.07. The average Bonchev–Trinajstić information content (AvgIpc) is 2.34. The van der Waals surface area contributed by atoms with E-state index in [-0.39, 0.29) is 0 Å². The molecule has 0 saturated carbocycles. The lowest BCUT2D eigenvalue weighted by Gasteiger charge is -2.17. The van der Waals surface area contributed by atoms with Gasteiger partial charge in [-0.2, -0.15) is 5.10 Å². The van der Waals surface area contributed by atoms with Gasteiger partial charge in [0.1, 0.15) is 0 Å². The SMILES string of the molecule is Cn1nccc1CNCC(C)(C)O. The minimum Gasteiger partial charge on any atom is -0.389 e. The zero-order chi connectivity index (χ0) is 9.90. The Hall–Kier alpha value is -0.870. The zero-order valence-corrected chi connectivity index (χ0v) is 8.41. The molecule has 0 atom stereocenters. The maximum atomic E-state index is 9.43. The van der Waals surface area contributed by atoms with E-state index >= 15 is 0 Å². The molecule has 4 nitrogen and oxygen atoms in total. The van der Waals surface area contributed by atoms with E-state index in [9.17, 15) is 5.11 Å². The van der Waals surface area contributed by atoms with Crippen LogP contribution in [0.15, 0.2) is 12.3 Å². The molecule has 0 aliphatic rings. The number of rotatable bonds is 4. The van der Waals surface area contributed by atoms with Crippen LogP contribution in [-0.4, -0.2) is 27.0 Å². The maximum absolute atomic E-state index is 9.43. The highest BCUT2D eigenvalue weighted by Gasteiger charge is 2.11. The van der Waals surface area contributed by atoms with Gasteiger partial charge in [-0.3, -0.25) is 4.68 Å². The lowest BCUT2D eigenvalue weighted by molar-refractivity contribution is 0.0793. The number of aryl methyl sites for hydroxylation is 1. The van der Waals surface area contributed by atoms with Crippen molar-refractivity contribution in [3.63, 3.8) is 0 Å². The van der Waals surface area contributed by atoms with E-state index in [4.69, 9.17) is 0 Å². The number of hydrogen-bond donors (Lipinski definition) is 2. The van der Waals surface area contributed by atoms with Crippen LogP contribution in [0.3, 0.4) is 0 Å². The van der Waals surface area contributed by atoms with Crippen LogP contribution in [0, 0.1) is 0 Å². The summed E-state index contributed by atoms with van der Waals surface area (Å²) in [6.07, 6.45) is 1.76. The second-order valence-corrected chi connectivity index (χ2v) is 3.86. The predicted molar refractivity (Wildman–Crippen MR) is 51.2 cm³/mol. The van der Waals surface area contributed by atoms with Gasteiger partial charge >= 0.3 is 0 Å². The lowest BCUT2D eigenvalue weighted by atomic mass is 10.1. The molecule has 2 N–H and O–H groups in total. The van der Waals surface area contributed by atoms with Crippen LogP contribution in [0.1, 0.15) is 19.5 Å². The summed E-state index contributed by atoms with van der Waals surface area (Å²) in [5, 5.41) is 16.6. The molecule has 0 radical (unpaired) electrons. The van der Waals surface area contributed by atoms with Crippen LogP contribution in [0.25, 0.3) is 0 Å². The van der Waals surface area contributed by atoms with Gasteiger partial charge < -0.3 is 10.4 Å². The molecule has 0 fully saturated rings. The van der Waals surface area contributed by atoms with Gasteiger partial charge in [0.25, 0.3) is 0 Å². The van der Waals surface area contributed by atoms with Crippen LogP contribution in [-0.2, 0) is 13.6 Å². The van der Waals surface area contributed by atoms with Gasteiger partial charge in [0.2, 0.25) is 0 Å². The largest absolute Gasteiger partial charge is 0.389 e. The molecular formula is C9H17N3O. The Balaban J connectivity index is 2.32. The van der Waals surface area contributed by atoms with Gasteiger partial charge in [0.05, 0.1) is 11.3 Å². The summed E-state index contributed by atoms with van der Waals surface area (Å²) in [7, 11) is 1.90. The first kappa shape index (κ1) is 10.2. The van der Waals surface area contributed by atoms with Crippen LogP contribution in [0.5, 0.6) is 0 Å². The Kier molecular flexibility index (Phi) is 3.06. The molecule has 0 aliphatic carbocycles. The summed E-state index contributed by atoms with van der Waals surface area (Å²) in [6, 6.07) is 1.96. The molecule has 0 bridgehead atoms. The summed E-state index contributed by atoms with van der Waals surface area (Å²) in [6.45, 7) is 4.88.